The number of H-pyrrole nitrogens is 1. The minimum Gasteiger partial charge on any atom is -0.544 e. The predicted octanol–water partition coefficient (Wildman–Crippen LogP) is 0.513. The molecule has 0 fully saturated rings. The van der Waals surface area contributed by atoms with E-state index in [1.54, 1.807) is 14.2 Å². The van der Waals surface area contributed by atoms with E-state index >= 15 is 0 Å². The van der Waals surface area contributed by atoms with Crippen LogP contribution in [-0.2, 0) is 11.2 Å². The number of hydrogen-bond acceptors (Lipinski definition) is 4. The summed E-state index contributed by atoms with van der Waals surface area (Å²) in [6.07, 6.45) is 0.421. The lowest BCUT2D eigenvalue weighted by molar-refractivity contribution is -0.717. The molecule has 3 N–H and O–H groups in total. The molecule has 0 bridgehead atoms. The maximum absolute atomic E-state index is 11.7. The summed E-state index contributed by atoms with van der Waals surface area (Å²) < 4.78 is 10.9. The second-order valence-corrected chi connectivity index (χ2v) is 6.47. The second-order valence-electron chi connectivity index (χ2n) is 6.47. The number of quaternary nitrogens is 1. The molecule has 2 aromatic carbocycles. The minimum absolute atomic E-state index is 0.251. The van der Waals surface area contributed by atoms with Crippen molar-refractivity contribution >= 4 is 16.9 Å². The number of nitrogens with two attached hydrogens (primary N) is 1. The Morgan fingerprint density at radius 2 is 2.00 bits per heavy atom. The predicted molar refractivity (Wildman–Crippen MR) is 94.1 cm³/mol. The highest BCUT2D eigenvalue weighted by Crippen LogP contribution is 2.36. The maximum atomic E-state index is 11.7. The number of hydrogen-bond donors (Lipinski definition) is 2. The number of carboxylic acids is 1. The smallest absolute Gasteiger partial charge is 0.157 e. The van der Waals surface area contributed by atoms with E-state index in [9.17, 15) is 9.90 Å². The van der Waals surface area contributed by atoms with E-state index in [0.29, 0.717) is 17.9 Å². The van der Waals surface area contributed by atoms with Gasteiger partial charge < -0.3 is 29.7 Å². The molecular formula is C20H20N2O4. The molecule has 1 aliphatic heterocycles. The van der Waals surface area contributed by atoms with Gasteiger partial charge in [0, 0.05) is 17.3 Å². The topological polar surface area (TPSA) is 91.0 Å². The van der Waals surface area contributed by atoms with Gasteiger partial charge in [0.15, 0.2) is 6.04 Å². The van der Waals surface area contributed by atoms with Crippen LogP contribution in [0.3, 0.4) is 0 Å². The van der Waals surface area contributed by atoms with Crippen LogP contribution >= 0.6 is 0 Å². The van der Waals surface area contributed by atoms with Crippen LogP contribution in [0.1, 0.15) is 22.9 Å². The van der Waals surface area contributed by atoms with E-state index in [2.05, 4.69) is 4.98 Å². The van der Waals surface area contributed by atoms with E-state index in [1.165, 1.54) is 0 Å². The third kappa shape index (κ3) is 2.59. The Kier molecular flexibility index (Phi) is 4.05. The zero-order valence-electron chi connectivity index (χ0n) is 14.6. The van der Waals surface area contributed by atoms with Gasteiger partial charge in [0.2, 0.25) is 0 Å². The average molecular weight is 352 g/mol. The van der Waals surface area contributed by atoms with Crippen LogP contribution in [0.2, 0.25) is 0 Å². The number of aromatic nitrogens is 1. The molecule has 2 heterocycles. The Morgan fingerprint density at radius 1 is 1.19 bits per heavy atom. The number of benzene rings is 2. The zero-order valence-corrected chi connectivity index (χ0v) is 14.6. The lowest BCUT2D eigenvalue weighted by Crippen LogP contribution is -2.95. The number of para-hydroxylation sites is 1. The third-order valence-corrected chi connectivity index (χ3v) is 5.08. The lowest BCUT2D eigenvalue weighted by Gasteiger charge is -2.29. The quantitative estimate of drug-likeness (QED) is 0.716. The van der Waals surface area contributed by atoms with Crippen molar-refractivity contribution in [1.29, 1.82) is 0 Å². The molecule has 0 unspecified atom stereocenters. The molecule has 26 heavy (non-hydrogen) atoms. The van der Waals surface area contributed by atoms with Gasteiger partial charge in [0.1, 0.15) is 17.5 Å². The standard InChI is InChI=1S/C20H20N2O4/c1-25-11-7-8-17(26-2)14(9-11)19-18-13(10-16(22-19)20(23)24)12-5-3-4-6-15(12)21-18/h3-9,16,19,21-22H,10H2,1-2H3,(H,23,24)/t16-,19+/m0/s1. The van der Waals surface area contributed by atoms with Crippen LogP contribution in [0.4, 0.5) is 0 Å². The molecule has 0 saturated heterocycles. The molecule has 0 amide bonds. The molecule has 1 aliphatic rings. The SMILES string of the molecule is COc1ccc(OC)c([C@H]2[NH2+][C@H](C(=O)[O-])Cc3c2[nH]c2ccccc32)c1. The molecule has 0 aliphatic carbocycles. The maximum Gasteiger partial charge on any atom is 0.157 e. The Balaban J connectivity index is 1.93. The van der Waals surface area contributed by atoms with Crippen LogP contribution in [0.15, 0.2) is 42.5 Å². The Labute approximate surface area is 150 Å². The fourth-order valence-electron chi connectivity index (χ4n) is 3.83. The van der Waals surface area contributed by atoms with Crippen molar-refractivity contribution in [3.8, 4) is 11.5 Å². The van der Waals surface area contributed by atoms with E-state index in [0.717, 1.165) is 27.7 Å². The molecule has 0 saturated carbocycles. The van der Waals surface area contributed by atoms with E-state index in [-0.39, 0.29) is 6.04 Å². The van der Waals surface area contributed by atoms with Crippen molar-refractivity contribution < 1.29 is 24.7 Å². The summed E-state index contributed by atoms with van der Waals surface area (Å²) >= 11 is 0. The highest BCUT2D eigenvalue weighted by Gasteiger charge is 2.36. The van der Waals surface area contributed by atoms with Crippen molar-refractivity contribution in [3.05, 3.63) is 59.3 Å². The van der Waals surface area contributed by atoms with Gasteiger partial charge in [-0.3, -0.25) is 0 Å². The Hall–Kier alpha value is -2.99. The van der Waals surface area contributed by atoms with E-state index in [1.807, 2.05) is 47.8 Å². The molecule has 2 atom stereocenters. The van der Waals surface area contributed by atoms with E-state index in [4.69, 9.17) is 9.47 Å². The Bertz CT molecular complexity index is 979. The first-order valence-electron chi connectivity index (χ1n) is 8.49. The van der Waals surface area contributed by atoms with Gasteiger partial charge >= 0.3 is 0 Å². The van der Waals surface area contributed by atoms with Gasteiger partial charge in [0.05, 0.1) is 31.4 Å². The molecule has 1 aromatic heterocycles. The van der Waals surface area contributed by atoms with Gasteiger partial charge in [-0.1, -0.05) is 18.2 Å². The fraction of sp³-hybridized carbons (Fsp3) is 0.250. The van der Waals surface area contributed by atoms with Crippen LogP contribution in [0, 0.1) is 0 Å². The highest BCUT2D eigenvalue weighted by atomic mass is 16.5. The normalized spacial score (nSPS) is 19.2. The number of carbonyl (C=O) groups excluding carboxylic acids is 1. The summed E-state index contributed by atoms with van der Waals surface area (Å²) in [5.41, 5.74) is 3.88. The van der Waals surface area contributed by atoms with Crippen LogP contribution in [0.5, 0.6) is 11.5 Å². The molecule has 0 spiro atoms. The number of aliphatic carboxylic acids is 1. The van der Waals surface area contributed by atoms with Gasteiger partial charge in [0.25, 0.3) is 0 Å². The van der Waals surface area contributed by atoms with Crippen molar-refractivity contribution in [2.75, 3.05) is 14.2 Å². The van der Waals surface area contributed by atoms with Crippen LogP contribution in [-0.4, -0.2) is 31.2 Å². The number of carbonyl (C=O) groups is 1. The highest BCUT2D eigenvalue weighted by molar-refractivity contribution is 5.86. The first-order chi connectivity index (χ1) is 12.6. The average Bonchev–Trinajstić information content (AvgIpc) is 3.05. The first kappa shape index (κ1) is 16.5. The summed E-state index contributed by atoms with van der Waals surface area (Å²) in [5, 5.41) is 14.5. The summed E-state index contributed by atoms with van der Waals surface area (Å²) in [4.78, 5) is 15.1. The zero-order chi connectivity index (χ0) is 18.3. The van der Waals surface area contributed by atoms with Crippen LogP contribution < -0.4 is 19.9 Å². The number of carboxylic acid groups (broad SMARTS) is 1. The number of ether oxygens (including phenoxy) is 2. The summed E-state index contributed by atoms with van der Waals surface area (Å²) in [7, 11) is 3.21. The van der Waals surface area contributed by atoms with Crippen molar-refractivity contribution in [2.24, 2.45) is 0 Å². The molecule has 4 rings (SSSR count). The molecule has 6 heteroatoms. The lowest BCUT2D eigenvalue weighted by atomic mass is 9.90. The van der Waals surface area contributed by atoms with Crippen LogP contribution in [0.25, 0.3) is 10.9 Å². The van der Waals surface area contributed by atoms with Gasteiger partial charge in [-0.15, -0.1) is 0 Å². The number of nitrogens with one attached hydrogen (secondary N) is 1. The molecule has 3 aromatic rings. The van der Waals surface area contributed by atoms with Crippen molar-refractivity contribution in [1.82, 2.24) is 4.98 Å². The third-order valence-electron chi connectivity index (χ3n) is 5.08. The summed E-state index contributed by atoms with van der Waals surface area (Å²) in [5.74, 6) is 0.325. The number of fused-ring (bicyclic) bond motifs is 3. The Morgan fingerprint density at radius 3 is 2.73 bits per heavy atom. The summed E-state index contributed by atoms with van der Waals surface area (Å²) in [6, 6.07) is 12.6. The minimum atomic E-state index is -1.06. The van der Waals surface area contributed by atoms with E-state index < -0.39 is 12.0 Å². The fourth-order valence-corrected chi connectivity index (χ4v) is 3.83. The second kappa shape index (κ2) is 6.38. The number of methoxy groups -OCH3 is 2. The monoisotopic (exact) mass is 352 g/mol. The van der Waals surface area contributed by atoms with Gasteiger partial charge in [-0.2, -0.15) is 0 Å². The van der Waals surface area contributed by atoms with Gasteiger partial charge in [-0.25, -0.2) is 0 Å². The van der Waals surface area contributed by atoms with Crippen molar-refractivity contribution in [3.63, 3.8) is 0 Å². The summed E-state index contributed by atoms with van der Waals surface area (Å²) in [6.45, 7) is 0. The molecule has 0 radical (unpaired) electrons. The molecule has 134 valence electrons. The molecular weight excluding hydrogens is 332 g/mol. The largest absolute Gasteiger partial charge is 0.544 e. The first-order valence-corrected chi connectivity index (χ1v) is 8.49. The van der Waals surface area contributed by atoms with Crippen molar-refractivity contribution in [2.45, 2.75) is 18.5 Å². The number of aromatic amines is 1. The molecule has 6 nitrogen and oxygen atoms in total. The van der Waals surface area contributed by atoms with Gasteiger partial charge in [-0.05, 0) is 29.8 Å². The number of rotatable bonds is 4.